The second-order valence-corrected chi connectivity index (χ2v) is 7.84. The topological polar surface area (TPSA) is 96.8 Å². The summed E-state index contributed by atoms with van der Waals surface area (Å²) in [6, 6.07) is 4.73. The van der Waals surface area contributed by atoms with Gasteiger partial charge in [0.1, 0.15) is 11.9 Å². The maximum absolute atomic E-state index is 14.9. The number of carbonyl (C=O) groups excluding carboxylic acids is 3. The first-order valence-electron chi connectivity index (χ1n) is 10.1. The van der Waals surface area contributed by atoms with E-state index in [2.05, 4.69) is 10.4 Å². The number of halogens is 1. The molecule has 1 aromatic heterocycles. The Labute approximate surface area is 178 Å². The summed E-state index contributed by atoms with van der Waals surface area (Å²) < 4.78 is 21.9. The molecule has 2 amide bonds. The molecule has 3 heterocycles. The van der Waals surface area contributed by atoms with Gasteiger partial charge in [-0.15, -0.1) is 0 Å². The van der Waals surface area contributed by atoms with Gasteiger partial charge in [-0.05, 0) is 31.5 Å². The fourth-order valence-corrected chi connectivity index (χ4v) is 3.91. The number of anilines is 2. The van der Waals surface area contributed by atoms with Crippen molar-refractivity contribution in [3.8, 4) is 0 Å². The summed E-state index contributed by atoms with van der Waals surface area (Å²) >= 11 is 0. The Balaban J connectivity index is 1.42. The van der Waals surface area contributed by atoms with Crippen LogP contribution in [0.2, 0.25) is 0 Å². The highest BCUT2D eigenvalue weighted by atomic mass is 19.1. The van der Waals surface area contributed by atoms with E-state index in [4.69, 9.17) is 4.74 Å². The molecule has 2 aromatic rings. The van der Waals surface area contributed by atoms with E-state index in [1.165, 1.54) is 24.8 Å². The normalized spacial score (nSPS) is 20.8. The molecule has 2 aliphatic rings. The van der Waals surface area contributed by atoms with Crippen molar-refractivity contribution in [3.63, 3.8) is 0 Å². The van der Waals surface area contributed by atoms with E-state index in [0.29, 0.717) is 30.0 Å². The third-order valence-corrected chi connectivity index (χ3v) is 5.58. The van der Waals surface area contributed by atoms with Gasteiger partial charge in [0.15, 0.2) is 5.78 Å². The zero-order valence-corrected chi connectivity index (χ0v) is 17.4. The monoisotopic (exact) mass is 429 g/mol. The fourth-order valence-electron chi connectivity index (χ4n) is 3.91. The van der Waals surface area contributed by atoms with E-state index in [0.717, 1.165) is 6.42 Å². The van der Waals surface area contributed by atoms with Crippen LogP contribution >= 0.6 is 0 Å². The van der Waals surface area contributed by atoms with Gasteiger partial charge in [0, 0.05) is 26.2 Å². The van der Waals surface area contributed by atoms with Crippen LogP contribution in [0.15, 0.2) is 30.6 Å². The van der Waals surface area contributed by atoms with E-state index >= 15 is 0 Å². The molecule has 1 aromatic carbocycles. The first-order chi connectivity index (χ1) is 14.8. The molecule has 1 N–H and O–H groups in total. The van der Waals surface area contributed by atoms with E-state index in [9.17, 15) is 18.8 Å². The standard InChI is InChI=1S/C21H24FN5O4/c1-13(28)15-8-24-27(10-15)17-5-6-25(11-17)20-4-3-16(7-19(20)22)26-12-18(31-21(26)30)9-23-14(2)29/h3-4,7-8,10,17-18H,5-6,9,11-12H2,1-2H3,(H,23,29)/t17-,18-/m0/s1. The van der Waals surface area contributed by atoms with Gasteiger partial charge in [-0.1, -0.05) is 0 Å². The minimum atomic E-state index is -0.566. The number of rotatable bonds is 6. The molecule has 2 fully saturated rings. The smallest absolute Gasteiger partial charge is 0.414 e. The van der Waals surface area contributed by atoms with Gasteiger partial charge in [-0.3, -0.25) is 19.2 Å². The summed E-state index contributed by atoms with van der Waals surface area (Å²) in [7, 11) is 0. The van der Waals surface area contributed by atoms with Gasteiger partial charge in [0.25, 0.3) is 0 Å². The van der Waals surface area contributed by atoms with Gasteiger partial charge in [0.05, 0.1) is 42.3 Å². The molecule has 0 radical (unpaired) electrons. The molecule has 2 atom stereocenters. The van der Waals surface area contributed by atoms with Crippen LogP contribution in [0.4, 0.5) is 20.6 Å². The van der Waals surface area contributed by atoms with Gasteiger partial charge in [0.2, 0.25) is 5.91 Å². The fraction of sp³-hybridized carbons (Fsp3) is 0.429. The summed E-state index contributed by atoms with van der Waals surface area (Å²) in [5.41, 5.74) is 1.42. The molecule has 0 spiro atoms. The number of nitrogens with zero attached hydrogens (tertiary/aromatic N) is 4. The lowest BCUT2D eigenvalue weighted by atomic mass is 10.2. The summed E-state index contributed by atoms with van der Waals surface area (Å²) in [4.78, 5) is 38.0. The van der Waals surface area contributed by atoms with Crippen LogP contribution in [0.1, 0.15) is 36.7 Å². The van der Waals surface area contributed by atoms with E-state index in [1.807, 2.05) is 4.90 Å². The highest BCUT2D eigenvalue weighted by Crippen LogP contribution is 2.32. The number of Topliss-reactive ketones (excluding diaryl/α,β-unsaturated/α-hetero) is 1. The molecule has 164 valence electrons. The van der Waals surface area contributed by atoms with Gasteiger partial charge in [-0.25, -0.2) is 9.18 Å². The number of benzene rings is 1. The number of hydrogen-bond donors (Lipinski definition) is 1. The van der Waals surface area contributed by atoms with Crippen LogP contribution in [0.5, 0.6) is 0 Å². The Morgan fingerprint density at radius 3 is 2.77 bits per heavy atom. The second-order valence-electron chi connectivity index (χ2n) is 7.84. The first kappa shape index (κ1) is 20.8. The lowest BCUT2D eigenvalue weighted by Gasteiger charge is -2.21. The van der Waals surface area contributed by atoms with Crippen molar-refractivity contribution in [2.45, 2.75) is 32.4 Å². The molecule has 0 saturated carbocycles. The third kappa shape index (κ3) is 4.37. The number of ether oxygens (including phenoxy) is 1. The highest BCUT2D eigenvalue weighted by molar-refractivity contribution is 5.93. The summed E-state index contributed by atoms with van der Waals surface area (Å²) in [5.74, 6) is -0.676. The number of nitrogens with one attached hydrogen (secondary N) is 1. The Hall–Kier alpha value is -3.43. The lowest BCUT2D eigenvalue weighted by Crippen LogP contribution is -2.33. The van der Waals surface area contributed by atoms with Crippen LogP contribution in [-0.4, -0.2) is 59.8 Å². The Morgan fingerprint density at radius 1 is 1.29 bits per heavy atom. The van der Waals surface area contributed by atoms with E-state index in [1.54, 1.807) is 29.2 Å². The zero-order valence-electron chi connectivity index (χ0n) is 17.4. The Bertz CT molecular complexity index is 1020. The number of hydrogen-bond acceptors (Lipinski definition) is 6. The van der Waals surface area contributed by atoms with Crippen molar-refractivity contribution in [1.82, 2.24) is 15.1 Å². The van der Waals surface area contributed by atoms with Crippen molar-refractivity contribution in [2.75, 3.05) is 36.0 Å². The third-order valence-electron chi connectivity index (χ3n) is 5.58. The minimum Gasteiger partial charge on any atom is -0.442 e. The minimum absolute atomic E-state index is 0.0394. The average molecular weight is 429 g/mol. The highest BCUT2D eigenvalue weighted by Gasteiger charge is 2.33. The van der Waals surface area contributed by atoms with Crippen LogP contribution in [-0.2, 0) is 9.53 Å². The quantitative estimate of drug-likeness (QED) is 0.707. The molecule has 4 rings (SSSR count). The summed E-state index contributed by atoms with van der Waals surface area (Å²) in [6.07, 6.45) is 3.01. The van der Waals surface area contributed by atoms with E-state index < -0.39 is 18.0 Å². The average Bonchev–Trinajstić information content (AvgIpc) is 3.45. The maximum atomic E-state index is 14.9. The van der Waals surface area contributed by atoms with Gasteiger partial charge >= 0.3 is 6.09 Å². The molecule has 0 unspecified atom stereocenters. The Kier molecular flexibility index (Phi) is 5.62. The number of amides is 2. The molecule has 31 heavy (non-hydrogen) atoms. The lowest BCUT2D eigenvalue weighted by molar-refractivity contribution is -0.119. The summed E-state index contributed by atoms with van der Waals surface area (Å²) in [5, 5.41) is 6.88. The van der Waals surface area contributed by atoms with Gasteiger partial charge in [-0.2, -0.15) is 5.10 Å². The van der Waals surface area contributed by atoms with Crippen LogP contribution in [0.25, 0.3) is 0 Å². The van der Waals surface area contributed by atoms with Crippen molar-refractivity contribution in [3.05, 3.63) is 42.0 Å². The molecule has 9 nitrogen and oxygen atoms in total. The molecule has 10 heteroatoms. The van der Waals surface area contributed by atoms with E-state index in [-0.39, 0.29) is 30.8 Å². The number of cyclic esters (lactones) is 1. The molecular formula is C21H24FN5O4. The van der Waals surface area contributed by atoms with Gasteiger partial charge < -0.3 is 15.0 Å². The molecule has 2 saturated heterocycles. The predicted octanol–water partition coefficient (Wildman–Crippen LogP) is 2.14. The number of carbonyl (C=O) groups is 3. The molecule has 0 aliphatic carbocycles. The van der Waals surface area contributed by atoms with Crippen molar-refractivity contribution >= 4 is 29.2 Å². The maximum Gasteiger partial charge on any atom is 0.414 e. The largest absolute Gasteiger partial charge is 0.442 e. The summed E-state index contributed by atoms with van der Waals surface area (Å²) in [6.45, 7) is 4.56. The first-order valence-corrected chi connectivity index (χ1v) is 10.1. The second kappa shape index (κ2) is 8.37. The molecule has 0 bridgehead atoms. The SMILES string of the molecule is CC(=O)NC[C@H]1CN(c2ccc(N3CC[C@H](n4cc(C(C)=O)cn4)C3)c(F)c2)C(=O)O1. The van der Waals surface area contributed by atoms with Crippen molar-refractivity contribution in [1.29, 1.82) is 0 Å². The van der Waals surface area contributed by atoms with Crippen LogP contribution in [0, 0.1) is 5.82 Å². The number of aromatic nitrogens is 2. The zero-order chi connectivity index (χ0) is 22.1. The van der Waals surface area contributed by atoms with Crippen molar-refractivity contribution < 1.29 is 23.5 Å². The van der Waals surface area contributed by atoms with Crippen molar-refractivity contribution in [2.24, 2.45) is 0 Å². The Morgan fingerprint density at radius 2 is 2.10 bits per heavy atom. The van der Waals surface area contributed by atoms with Crippen LogP contribution < -0.4 is 15.1 Å². The molecule has 2 aliphatic heterocycles. The number of ketones is 1. The van der Waals surface area contributed by atoms with Crippen LogP contribution in [0.3, 0.4) is 0 Å². The predicted molar refractivity (Wildman–Crippen MR) is 111 cm³/mol. The molecular weight excluding hydrogens is 405 g/mol.